The Morgan fingerprint density at radius 1 is 1.32 bits per heavy atom. The summed E-state index contributed by atoms with van der Waals surface area (Å²) in [5.74, 6) is 1.75. The number of hydrogen-bond acceptors (Lipinski definition) is 4. The van der Waals surface area contributed by atoms with Crippen LogP contribution in [0.1, 0.15) is 39.5 Å². The summed E-state index contributed by atoms with van der Waals surface area (Å²) in [5.41, 5.74) is 1.26. The first-order valence-electron chi connectivity index (χ1n) is 7.78. The first-order valence-corrected chi connectivity index (χ1v) is 9.17. The van der Waals surface area contributed by atoms with E-state index in [-0.39, 0.29) is 5.69 Å². The highest BCUT2D eigenvalue weighted by atomic mass is 32.2. The number of fused-ring (bicyclic) bond motifs is 1. The van der Waals surface area contributed by atoms with Crippen LogP contribution in [0.2, 0.25) is 0 Å². The Morgan fingerprint density at radius 2 is 2.05 bits per heavy atom. The van der Waals surface area contributed by atoms with E-state index in [0.29, 0.717) is 16.2 Å². The lowest BCUT2D eigenvalue weighted by atomic mass is 10.0. The summed E-state index contributed by atoms with van der Waals surface area (Å²) in [6.45, 7) is 4.47. The third-order valence-corrected chi connectivity index (χ3v) is 5.65. The number of hydrogen-bond donors (Lipinski definition) is 1. The van der Waals surface area contributed by atoms with Gasteiger partial charge in [-0.15, -0.1) is 0 Å². The van der Waals surface area contributed by atoms with Gasteiger partial charge in [-0.05, 0) is 12.3 Å². The van der Waals surface area contributed by atoms with Gasteiger partial charge in [0.05, 0.1) is 0 Å². The number of rotatable bonds is 7. The Morgan fingerprint density at radius 3 is 2.68 bits per heavy atom. The van der Waals surface area contributed by atoms with E-state index in [1.54, 1.807) is 30.4 Å². The average Bonchev–Trinajstić information content (AvgIpc) is 2.95. The Labute approximate surface area is 140 Å². The van der Waals surface area contributed by atoms with Crippen LogP contribution in [-0.4, -0.2) is 24.9 Å². The summed E-state index contributed by atoms with van der Waals surface area (Å²) in [6.07, 6.45) is 4.97. The summed E-state index contributed by atoms with van der Waals surface area (Å²) in [7, 11) is 3.42. The van der Waals surface area contributed by atoms with E-state index in [9.17, 15) is 4.79 Å². The highest BCUT2D eigenvalue weighted by Gasteiger charge is 2.13. The summed E-state index contributed by atoms with van der Waals surface area (Å²) < 4.78 is 3.52. The number of aromatic nitrogens is 4. The molecule has 0 aliphatic heterocycles. The Kier molecular flexibility index (Phi) is 5.86. The van der Waals surface area contributed by atoms with Crippen LogP contribution in [0.15, 0.2) is 9.95 Å². The fourth-order valence-corrected chi connectivity index (χ4v) is 3.81. The normalized spacial score (nSPS) is 12.9. The van der Waals surface area contributed by atoms with E-state index in [0.717, 1.165) is 16.4 Å². The lowest BCUT2D eigenvalue weighted by Crippen LogP contribution is -2.27. The topological polar surface area (TPSA) is 55.6 Å². The van der Waals surface area contributed by atoms with Gasteiger partial charge in [-0.2, -0.15) is 0 Å². The number of unbranched alkanes of at least 4 members (excludes halogenated alkanes) is 1. The number of nitrogens with zero attached hydrogens (tertiary/aromatic N) is 3. The molecule has 0 aliphatic rings. The number of thioether (sulfide) groups is 1. The second-order valence-corrected chi connectivity index (χ2v) is 7.07. The van der Waals surface area contributed by atoms with E-state index in [1.807, 2.05) is 0 Å². The molecular weight excluding hydrogens is 316 g/mol. The van der Waals surface area contributed by atoms with Gasteiger partial charge in [0, 0.05) is 19.8 Å². The van der Waals surface area contributed by atoms with Gasteiger partial charge >= 0.3 is 5.69 Å². The van der Waals surface area contributed by atoms with Crippen molar-refractivity contribution in [3.8, 4) is 0 Å². The van der Waals surface area contributed by atoms with Crippen molar-refractivity contribution in [1.29, 1.82) is 0 Å². The molecule has 2 rings (SSSR count). The van der Waals surface area contributed by atoms with E-state index >= 15 is 0 Å². The average molecular weight is 341 g/mol. The quantitative estimate of drug-likeness (QED) is 0.617. The summed E-state index contributed by atoms with van der Waals surface area (Å²) in [4.78, 5) is 19.9. The van der Waals surface area contributed by atoms with Crippen molar-refractivity contribution in [3.63, 3.8) is 0 Å². The summed E-state index contributed by atoms with van der Waals surface area (Å²) in [6, 6.07) is 0. The molecule has 0 amide bonds. The molecule has 2 aromatic rings. The van der Waals surface area contributed by atoms with Crippen LogP contribution in [0, 0.1) is 10.6 Å². The second-order valence-electron chi connectivity index (χ2n) is 5.67. The smallest absolute Gasteiger partial charge is 0.329 e. The van der Waals surface area contributed by atoms with E-state index < -0.39 is 0 Å². The number of imidazole rings is 1. The van der Waals surface area contributed by atoms with Crippen LogP contribution < -0.4 is 5.69 Å². The number of nitrogens with one attached hydrogen (secondary N) is 1. The molecule has 5 nitrogen and oxygen atoms in total. The highest BCUT2D eigenvalue weighted by Crippen LogP contribution is 2.24. The van der Waals surface area contributed by atoms with Crippen molar-refractivity contribution in [3.05, 3.63) is 15.1 Å². The lowest BCUT2D eigenvalue weighted by molar-refractivity contribution is 0.499. The molecule has 7 heteroatoms. The Hall–Kier alpha value is -1.08. The first-order chi connectivity index (χ1) is 10.5. The van der Waals surface area contributed by atoms with E-state index in [1.165, 1.54) is 30.3 Å². The molecule has 0 saturated heterocycles. The van der Waals surface area contributed by atoms with Crippen molar-refractivity contribution in [2.75, 3.05) is 5.75 Å². The first kappa shape index (κ1) is 17.3. The molecule has 1 atom stereocenters. The molecule has 0 aliphatic carbocycles. The maximum atomic E-state index is 12.0. The standard InChI is InChI=1S/C15H24N4OS2/c1-5-7-8-10(6-2)9-22-14-16-11-12(17-14)18(3)15(20)19(4)13(11)21/h10H,5-9H2,1-4H3,(H,16,17). The zero-order chi connectivity index (χ0) is 16.3. The largest absolute Gasteiger partial charge is 0.330 e. The molecule has 122 valence electrons. The second kappa shape index (κ2) is 7.46. The molecule has 1 N–H and O–H groups in total. The van der Waals surface area contributed by atoms with Gasteiger partial charge in [-0.1, -0.05) is 57.1 Å². The van der Waals surface area contributed by atoms with Gasteiger partial charge in [0.15, 0.2) is 10.8 Å². The minimum absolute atomic E-state index is 0.144. The van der Waals surface area contributed by atoms with Gasteiger partial charge in [-0.25, -0.2) is 9.78 Å². The fourth-order valence-electron chi connectivity index (χ4n) is 2.47. The van der Waals surface area contributed by atoms with Crippen LogP contribution in [-0.2, 0) is 14.1 Å². The Bertz CT molecular complexity index is 759. The number of aromatic amines is 1. The summed E-state index contributed by atoms with van der Waals surface area (Å²) in [5, 5.41) is 0.845. The third-order valence-electron chi connectivity index (χ3n) is 4.07. The maximum Gasteiger partial charge on any atom is 0.330 e. The molecule has 0 spiro atoms. The molecule has 0 aromatic carbocycles. The van der Waals surface area contributed by atoms with Crippen LogP contribution in [0.25, 0.3) is 11.2 Å². The highest BCUT2D eigenvalue weighted by molar-refractivity contribution is 7.99. The zero-order valence-electron chi connectivity index (χ0n) is 13.7. The van der Waals surface area contributed by atoms with Crippen LogP contribution in [0.4, 0.5) is 0 Å². The minimum atomic E-state index is -0.144. The molecule has 22 heavy (non-hydrogen) atoms. The fraction of sp³-hybridized carbons (Fsp3) is 0.667. The maximum absolute atomic E-state index is 12.0. The minimum Gasteiger partial charge on any atom is -0.329 e. The molecule has 0 fully saturated rings. The molecule has 2 heterocycles. The van der Waals surface area contributed by atoms with Crippen LogP contribution >= 0.6 is 24.0 Å². The monoisotopic (exact) mass is 340 g/mol. The van der Waals surface area contributed by atoms with Gasteiger partial charge in [0.25, 0.3) is 0 Å². The van der Waals surface area contributed by atoms with Crippen molar-refractivity contribution in [1.82, 2.24) is 19.1 Å². The van der Waals surface area contributed by atoms with Crippen LogP contribution in [0.3, 0.4) is 0 Å². The Balaban J connectivity index is 2.23. The van der Waals surface area contributed by atoms with E-state index in [2.05, 4.69) is 23.8 Å². The molecule has 2 aromatic heterocycles. The number of H-pyrrole nitrogens is 1. The molecular formula is C15H24N4OS2. The van der Waals surface area contributed by atoms with Crippen LogP contribution in [0.5, 0.6) is 0 Å². The molecule has 0 bridgehead atoms. The van der Waals surface area contributed by atoms with Crippen molar-refractivity contribution < 1.29 is 0 Å². The van der Waals surface area contributed by atoms with Crippen molar-refractivity contribution >= 4 is 35.1 Å². The van der Waals surface area contributed by atoms with Gasteiger partial charge in [0.2, 0.25) is 0 Å². The molecule has 0 saturated carbocycles. The van der Waals surface area contributed by atoms with Gasteiger partial charge in [0.1, 0.15) is 10.2 Å². The van der Waals surface area contributed by atoms with Gasteiger partial charge < -0.3 is 4.98 Å². The summed E-state index contributed by atoms with van der Waals surface area (Å²) >= 11 is 7.06. The molecule has 1 unspecified atom stereocenters. The predicted octanol–water partition coefficient (Wildman–Crippen LogP) is 3.64. The van der Waals surface area contributed by atoms with Crippen molar-refractivity contribution in [2.24, 2.45) is 20.0 Å². The van der Waals surface area contributed by atoms with Gasteiger partial charge in [-0.3, -0.25) is 9.13 Å². The lowest BCUT2D eigenvalue weighted by Gasteiger charge is -2.12. The van der Waals surface area contributed by atoms with E-state index in [4.69, 9.17) is 12.2 Å². The SMILES string of the molecule is CCCCC(CC)CSc1nc2c([nH]1)c(=S)n(C)c(=O)n2C. The number of aryl methyl sites for hydroxylation is 1. The van der Waals surface area contributed by atoms with Crippen molar-refractivity contribution in [2.45, 2.75) is 44.7 Å². The zero-order valence-corrected chi connectivity index (χ0v) is 15.3. The predicted molar refractivity (Wildman–Crippen MR) is 95.2 cm³/mol. The third kappa shape index (κ3) is 3.46. The molecule has 0 radical (unpaired) electrons.